The number of likely N-dealkylation sites (N-methyl/N-ethyl adjacent to an activating group) is 1. The number of likely N-dealkylation sites (tertiary alicyclic amines) is 2. The normalized spacial score (nSPS) is 20.1. The molecule has 0 saturated carbocycles. The van der Waals surface area contributed by atoms with Crippen LogP contribution in [0.4, 0.5) is 35.1 Å². The molecule has 0 spiro atoms. The molecule has 2 aliphatic rings. The van der Waals surface area contributed by atoms with Gasteiger partial charge in [0.15, 0.2) is 0 Å². The number of piperidine rings is 2. The molecular formula is C32H35F8N3O3. The van der Waals surface area contributed by atoms with Gasteiger partial charge in [-0.3, -0.25) is 14.4 Å². The summed E-state index contributed by atoms with van der Waals surface area (Å²) in [5.41, 5.74) is -5.52. The first kappa shape index (κ1) is 35.1. The minimum Gasteiger partial charge on any atom is -0.343 e. The van der Waals surface area contributed by atoms with E-state index >= 15 is 4.39 Å². The number of benzene rings is 2. The molecule has 0 radical (unpaired) electrons. The number of nitrogens with zero attached hydrogens (tertiary/aromatic N) is 3. The lowest BCUT2D eigenvalue weighted by Crippen LogP contribution is -2.56. The predicted molar refractivity (Wildman–Crippen MR) is 151 cm³/mol. The monoisotopic (exact) mass is 661 g/mol. The minimum atomic E-state index is -5.12. The Balaban J connectivity index is 1.65. The van der Waals surface area contributed by atoms with E-state index in [2.05, 4.69) is 0 Å². The second-order valence-electron chi connectivity index (χ2n) is 12.5. The lowest BCUT2D eigenvalue weighted by atomic mass is 9.79. The van der Waals surface area contributed by atoms with Crippen molar-refractivity contribution in [2.24, 2.45) is 5.92 Å². The van der Waals surface area contributed by atoms with Crippen molar-refractivity contribution in [1.29, 1.82) is 0 Å². The largest absolute Gasteiger partial charge is 0.416 e. The van der Waals surface area contributed by atoms with Crippen molar-refractivity contribution < 1.29 is 49.5 Å². The van der Waals surface area contributed by atoms with Gasteiger partial charge >= 0.3 is 12.4 Å². The van der Waals surface area contributed by atoms with Gasteiger partial charge < -0.3 is 14.7 Å². The molecule has 46 heavy (non-hydrogen) atoms. The van der Waals surface area contributed by atoms with Crippen molar-refractivity contribution in [2.75, 3.05) is 33.2 Å². The van der Waals surface area contributed by atoms with Crippen LogP contribution in [0, 0.1) is 17.6 Å². The van der Waals surface area contributed by atoms with E-state index in [1.165, 1.54) is 43.7 Å². The van der Waals surface area contributed by atoms with Crippen LogP contribution in [0.5, 0.6) is 0 Å². The summed E-state index contributed by atoms with van der Waals surface area (Å²) >= 11 is 0. The third-order valence-corrected chi connectivity index (χ3v) is 9.20. The highest BCUT2D eigenvalue weighted by atomic mass is 19.4. The van der Waals surface area contributed by atoms with E-state index in [9.17, 15) is 45.1 Å². The molecule has 252 valence electrons. The Morgan fingerprint density at radius 2 is 1.30 bits per heavy atom. The van der Waals surface area contributed by atoms with Crippen LogP contribution >= 0.6 is 0 Å². The summed E-state index contributed by atoms with van der Waals surface area (Å²) in [7, 11) is 1.33. The molecule has 2 saturated heterocycles. The van der Waals surface area contributed by atoms with Gasteiger partial charge in [0, 0.05) is 64.1 Å². The maximum Gasteiger partial charge on any atom is 0.416 e. The fourth-order valence-corrected chi connectivity index (χ4v) is 6.44. The maximum atomic E-state index is 15.2. The quantitative estimate of drug-likeness (QED) is 0.350. The number of hydrogen-bond acceptors (Lipinski definition) is 3. The van der Waals surface area contributed by atoms with Crippen molar-refractivity contribution in [3.05, 3.63) is 70.3 Å². The summed E-state index contributed by atoms with van der Waals surface area (Å²) in [5, 5.41) is 0. The van der Waals surface area contributed by atoms with E-state index in [-0.39, 0.29) is 43.0 Å². The third kappa shape index (κ3) is 7.30. The van der Waals surface area contributed by atoms with Gasteiger partial charge in [0.2, 0.25) is 17.7 Å². The van der Waals surface area contributed by atoms with Gasteiger partial charge in [0.1, 0.15) is 11.6 Å². The fraction of sp³-hybridized carbons (Fsp3) is 0.531. The van der Waals surface area contributed by atoms with Crippen molar-refractivity contribution >= 4 is 17.7 Å². The zero-order valence-corrected chi connectivity index (χ0v) is 25.7. The fourth-order valence-electron chi connectivity index (χ4n) is 6.44. The van der Waals surface area contributed by atoms with Gasteiger partial charge in [-0.1, -0.05) is 6.07 Å². The molecule has 2 aromatic rings. The van der Waals surface area contributed by atoms with Crippen LogP contribution in [0.2, 0.25) is 0 Å². The van der Waals surface area contributed by atoms with Crippen LogP contribution in [0.3, 0.4) is 0 Å². The Hall–Kier alpha value is -3.71. The van der Waals surface area contributed by atoms with Crippen LogP contribution in [0.25, 0.3) is 0 Å². The number of alkyl halides is 6. The zero-order chi connectivity index (χ0) is 34.4. The molecule has 14 heteroatoms. The van der Waals surface area contributed by atoms with Crippen LogP contribution < -0.4 is 0 Å². The van der Waals surface area contributed by atoms with E-state index in [1.54, 1.807) is 4.90 Å². The first-order chi connectivity index (χ1) is 21.2. The molecule has 0 aliphatic carbocycles. The summed E-state index contributed by atoms with van der Waals surface area (Å²) < 4.78 is 111. The summed E-state index contributed by atoms with van der Waals surface area (Å²) in [6.45, 7) is 4.72. The average Bonchev–Trinajstić information content (AvgIpc) is 2.98. The number of amides is 3. The van der Waals surface area contributed by atoms with Crippen LogP contribution in [0.1, 0.15) is 68.2 Å². The van der Waals surface area contributed by atoms with Crippen molar-refractivity contribution in [3.8, 4) is 0 Å². The first-order valence-corrected chi connectivity index (χ1v) is 14.8. The van der Waals surface area contributed by atoms with Gasteiger partial charge in [-0.05, 0) is 68.5 Å². The molecule has 0 bridgehead atoms. The number of hydrogen-bond donors (Lipinski definition) is 0. The highest BCUT2D eigenvalue weighted by Gasteiger charge is 2.45. The second-order valence-corrected chi connectivity index (χ2v) is 12.5. The van der Waals surface area contributed by atoms with Crippen molar-refractivity contribution in [3.63, 3.8) is 0 Å². The molecular weight excluding hydrogens is 626 g/mol. The third-order valence-electron chi connectivity index (χ3n) is 9.20. The van der Waals surface area contributed by atoms with Gasteiger partial charge in [-0.2, -0.15) is 26.3 Å². The molecule has 4 rings (SSSR count). The van der Waals surface area contributed by atoms with Crippen LogP contribution in [-0.4, -0.2) is 71.7 Å². The molecule has 2 fully saturated rings. The number of carbonyl (C=O) groups is 3. The number of halogens is 8. The van der Waals surface area contributed by atoms with E-state index in [0.717, 1.165) is 6.07 Å². The highest BCUT2D eigenvalue weighted by molar-refractivity contribution is 5.88. The summed E-state index contributed by atoms with van der Waals surface area (Å²) in [4.78, 5) is 43.5. The molecule has 0 aromatic heterocycles. The Morgan fingerprint density at radius 1 is 0.783 bits per heavy atom. The molecule has 2 aromatic carbocycles. The maximum absolute atomic E-state index is 15.2. The Labute approximate surface area is 261 Å². The molecule has 6 nitrogen and oxygen atoms in total. The SMILES string of the molecule is CC(=O)N1CCC(C(=O)N2CC[C@H](N(C)C(=O)C(C)(C)c3cc(C(F)(F)F)cc(C(F)(F)F)c3)[C@@H](c3ccc(F)cc3F)C2)CC1. The van der Waals surface area contributed by atoms with Crippen molar-refractivity contribution in [2.45, 2.75) is 69.8 Å². The van der Waals surface area contributed by atoms with Gasteiger partial charge in [-0.15, -0.1) is 0 Å². The molecule has 2 atom stereocenters. The Kier molecular flexibility index (Phi) is 9.80. The zero-order valence-electron chi connectivity index (χ0n) is 25.7. The van der Waals surface area contributed by atoms with E-state index < -0.39 is 69.9 Å². The molecule has 2 heterocycles. The second kappa shape index (κ2) is 12.8. The van der Waals surface area contributed by atoms with E-state index in [4.69, 9.17) is 0 Å². The summed E-state index contributed by atoms with van der Waals surface area (Å²) in [5.74, 6) is -4.21. The Bertz CT molecular complexity index is 1450. The predicted octanol–water partition coefficient (Wildman–Crippen LogP) is 6.38. The van der Waals surface area contributed by atoms with Crippen LogP contribution in [0.15, 0.2) is 36.4 Å². The van der Waals surface area contributed by atoms with E-state index in [0.29, 0.717) is 44.1 Å². The Morgan fingerprint density at radius 3 is 1.80 bits per heavy atom. The first-order valence-electron chi connectivity index (χ1n) is 14.8. The number of rotatable bonds is 5. The summed E-state index contributed by atoms with van der Waals surface area (Å²) in [6, 6.07) is 3.06. The smallest absolute Gasteiger partial charge is 0.343 e. The molecule has 0 unspecified atom stereocenters. The summed E-state index contributed by atoms with van der Waals surface area (Å²) in [6.07, 6.45) is -9.27. The topological polar surface area (TPSA) is 60.9 Å². The van der Waals surface area contributed by atoms with Gasteiger partial charge in [0.05, 0.1) is 16.5 Å². The highest BCUT2D eigenvalue weighted by Crippen LogP contribution is 2.41. The minimum absolute atomic E-state index is 0.00572. The molecule has 3 amide bonds. The lowest BCUT2D eigenvalue weighted by molar-refractivity contribution is -0.145. The van der Waals surface area contributed by atoms with Crippen LogP contribution in [-0.2, 0) is 32.2 Å². The van der Waals surface area contributed by atoms with Gasteiger partial charge in [0.25, 0.3) is 0 Å². The number of carbonyl (C=O) groups excluding carboxylic acids is 3. The standard InChI is InChI=1S/C32H35F8N3O3/c1-18(44)42-10-7-19(8-11-42)28(45)43-12-9-27(25(17-43)24-6-5-23(33)16-26(24)34)41(4)29(46)30(2,3)20-13-21(31(35,36)37)15-22(14-20)32(38,39)40/h5-6,13-16,19,25,27H,7-12,17H2,1-4H3/t25-,27+/m1/s1. The molecule has 2 aliphatic heterocycles. The van der Waals surface area contributed by atoms with Gasteiger partial charge in [-0.25, -0.2) is 8.78 Å². The van der Waals surface area contributed by atoms with Crippen molar-refractivity contribution in [1.82, 2.24) is 14.7 Å². The lowest BCUT2D eigenvalue weighted by Gasteiger charge is -2.46. The van der Waals surface area contributed by atoms with E-state index in [1.807, 2.05) is 0 Å². The average molecular weight is 662 g/mol. The molecule has 0 N–H and O–H groups in total.